The van der Waals surface area contributed by atoms with E-state index in [2.05, 4.69) is 34.5 Å². The number of hydrogen-bond acceptors (Lipinski definition) is 5. The van der Waals surface area contributed by atoms with Crippen LogP contribution in [-0.2, 0) is 21.2 Å². The highest BCUT2D eigenvalue weighted by molar-refractivity contribution is 7.91. The van der Waals surface area contributed by atoms with Crippen LogP contribution < -0.4 is 11.1 Å². The van der Waals surface area contributed by atoms with Crippen molar-refractivity contribution < 1.29 is 13.2 Å². The maximum atomic E-state index is 12.5. The van der Waals surface area contributed by atoms with E-state index in [1.54, 1.807) is 0 Å². The number of nitrogens with zero attached hydrogens (tertiary/aromatic N) is 1. The molecular weight excluding hydrogens is 362 g/mol. The average molecular weight is 392 g/mol. The number of nitrogens with two attached hydrogens (primary N) is 1. The zero-order valence-electron chi connectivity index (χ0n) is 15.6. The highest BCUT2D eigenvalue weighted by atomic mass is 32.2. The number of hydrogen-bond donors (Lipinski definition) is 2. The summed E-state index contributed by atoms with van der Waals surface area (Å²) in [6, 6.07) is 9.91. The smallest absolute Gasteiger partial charge is 0.225 e. The van der Waals surface area contributed by atoms with Gasteiger partial charge in [-0.2, -0.15) is 0 Å². The van der Waals surface area contributed by atoms with Crippen LogP contribution in [-0.4, -0.2) is 56.4 Å². The molecule has 1 aromatic carbocycles. The minimum Gasteiger partial charge on any atom is -0.355 e. The summed E-state index contributed by atoms with van der Waals surface area (Å²) in [7, 11) is -3.18. The van der Waals surface area contributed by atoms with Crippen molar-refractivity contribution in [3.8, 4) is 0 Å². The zero-order valence-corrected chi connectivity index (χ0v) is 16.5. The minimum absolute atomic E-state index is 0.0801. The Hall–Kier alpha value is -1.44. The largest absolute Gasteiger partial charge is 0.355 e. The lowest BCUT2D eigenvalue weighted by Gasteiger charge is -2.43. The van der Waals surface area contributed by atoms with Crippen LogP contribution in [0, 0.1) is 17.3 Å². The summed E-state index contributed by atoms with van der Waals surface area (Å²) < 4.78 is 23.4. The summed E-state index contributed by atoms with van der Waals surface area (Å²) in [6.45, 7) is 3.62. The predicted octanol–water partition coefficient (Wildman–Crippen LogP) is 0.777. The van der Waals surface area contributed by atoms with Crippen LogP contribution in [0.25, 0.3) is 0 Å². The quantitative estimate of drug-likeness (QED) is 0.774. The van der Waals surface area contributed by atoms with Crippen LogP contribution in [0.4, 0.5) is 0 Å². The van der Waals surface area contributed by atoms with Gasteiger partial charge in [-0.25, -0.2) is 8.42 Å². The first-order valence-corrected chi connectivity index (χ1v) is 11.7. The Labute approximate surface area is 161 Å². The Morgan fingerprint density at radius 1 is 1.22 bits per heavy atom. The third-order valence-electron chi connectivity index (χ3n) is 6.74. The van der Waals surface area contributed by atoms with Gasteiger partial charge in [0.05, 0.1) is 17.4 Å². The fourth-order valence-corrected chi connectivity index (χ4v) is 6.98. The Morgan fingerprint density at radius 2 is 1.96 bits per heavy atom. The maximum absolute atomic E-state index is 12.5. The standard InChI is InChI=1S/C20H29N3O3S/c21-18-13-27(25,26)12-17(18)19(24)22-9-16-11-23(14-20(16)7-4-8-20)10-15-5-2-1-3-6-15/h1-3,5-6,16-18H,4,7-14,21H2,(H,22,24)/t16?,17-,18-/m1/s1. The number of carbonyl (C=O) groups is 1. The molecule has 1 amide bonds. The van der Waals surface area contributed by atoms with Crippen LogP contribution >= 0.6 is 0 Å². The second-order valence-corrected chi connectivity index (χ2v) is 10.8. The molecular formula is C20H29N3O3S. The molecule has 3 N–H and O–H groups in total. The van der Waals surface area contributed by atoms with Gasteiger partial charge in [0, 0.05) is 32.2 Å². The molecule has 4 rings (SSSR count). The van der Waals surface area contributed by atoms with Gasteiger partial charge in [-0.15, -0.1) is 0 Å². The molecule has 2 saturated heterocycles. The molecule has 1 unspecified atom stereocenters. The van der Waals surface area contributed by atoms with Crippen LogP contribution in [0.5, 0.6) is 0 Å². The third-order valence-corrected chi connectivity index (χ3v) is 8.50. The molecule has 1 aromatic rings. The third kappa shape index (κ3) is 3.91. The normalized spacial score (nSPS) is 31.7. The van der Waals surface area contributed by atoms with E-state index in [-0.39, 0.29) is 17.4 Å². The van der Waals surface area contributed by atoms with Gasteiger partial charge >= 0.3 is 0 Å². The molecule has 1 saturated carbocycles. The van der Waals surface area contributed by atoms with Crippen molar-refractivity contribution in [3.63, 3.8) is 0 Å². The molecule has 7 heteroatoms. The summed E-state index contributed by atoms with van der Waals surface area (Å²) in [4.78, 5) is 15.0. The van der Waals surface area contributed by atoms with Gasteiger partial charge in [-0.3, -0.25) is 9.69 Å². The van der Waals surface area contributed by atoms with Crippen molar-refractivity contribution in [1.29, 1.82) is 0 Å². The molecule has 148 valence electrons. The predicted molar refractivity (Wildman–Crippen MR) is 105 cm³/mol. The molecule has 2 heterocycles. The lowest BCUT2D eigenvalue weighted by Crippen LogP contribution is -2.46. The number of likely N-dealkylation sites (tertiary alicyclic amines) is 1. The van der Waals surface area contributed by atoms with E-state index in [9.17, 15) is 13.2 Å². The molecule has 0 bridgehead atoms. The van der Waals surface area contributed by atoms with Crippen LogP contribution in [0.3, 0.4) is 0 Å². The van der Waals surface area contributed by atoms with Gasteiger partial charge in [-0.05, 0) is 29.7 Å². The van der Waals surface area contributed by atoms with Gasteiger partial charge < -0.3 is 11.1 Å². The van der Waals surface area contributed by atoms with Gasteiger partial charge in [-0.1, -0.05) is 36.8 Å². The van der Waals surface area contributed by atoms with Crippen molar-refractivity contribution >= 4 is 15.7 Å². The van der Waals surface area contributed by atoms with E-state index in [0.29, 0.717) is 17.9 Å². The number of amides is 1. The topological polar surface area (TPSA) is 92.5 Å². The van der Waals surface area contributed by atoms with E-state index in [4.69, 9.17) is 5.73 Å². The van der Waals surface area contributed by atoms with Gasteiger partial charge in [0.15, 0.2) is 9.84 Å². The van der Waals surface area contributed by atoms with Gasteiger partial charge in [0.25, 0.3) is 0 Å². The zero-order chi connectivity index (χ0) is 19.1. The fourth-order valence-electron chi connectivity index (χ4n) is 5.08. The van der Waals surface area contributed by atoms with Crippen LogP contribution in [0.2, 0.25) is 0 Å². The molecule has 27 heavy (non-hydrogen) atoms. The van der Waals surface area contributed by atoms with Crippen molar-refractivity contribution in [1.82, 2.24) is 10.2 Å². The van der Waals surface area contributed by atoms with Crippen LogP contribution in [0.15, 0.2) is 30.3 Å². The molecule has 1 aliphatic carbocycles. The highest BCUT2D eigenvalue weighted by Crippen LogP contribution is 2.51. The fraction of sp³-hybridized carbons (Fsp3) is 0.650. The first kappa shape index (κ1) is 18.9. The molecule has 3 atom stereocenters. The second-order valence-electron chi connectivity index (χ2n) is 8.66. The summed E-state index contributed by atoms with van der Waals surface area (Å²) in [5, 5.41) is 3.03. The molecule has 1 spiro atoms. The number of sulfone groups is 1. The van der Waals surface area contributed by atoms with E-state index in [1.165, 1.54) is 24.8 Å². The summed E-state index contributed by atoms with van der Waals surface area (Å²) in [6.07, 6.45) is 3.70. The summed E-state index contributed by atoms with van der Waals surface area (Å²) >= 11 is 0. The van der Waals surface area contributed by atoms with Crippen LogP contribution in [0.1, 0.15) is 24.8 Å². The lowest BCUT2D eigenvalue weighted by molar-refractivity contribution is -0.125. The first-order valence-electron chi connectivity index (χ1n) is 9.87. The first-order chi connectivity index (χ1) is 12.9. The summed E-state index contributed by atoms with van der Waals surface area (Å²) in [5.41, 5.74) is 7.52. The van der Waals surface area contributed by atoms with E-state index in [1.807, 2.05) is 6.07 Å². The molecule has 3 aliphatic rings. The Balaban J connectivity index is 1.36. The molecule has 6 nitrogen and oxygen atoms in total. The molecule has 3 fully saturated rings. The van der Waals surface area contributed by atoms with Crippen molar-refractivity contribution in [2.45, 2.75) is 31.8 Å². The number of carbonyl (C=O) groups excluding carboxylic acids is 1. The Bertz CT molecular complexity index is 792. The Morgan fingerprint density at radius 3 is 2.56 bits per heavy atom. The van der Waals surface area contributed by atoms with E-state index in [0.717, 1.165) is 19.6 Å². The molecule has 0 radical (unpaired) electrons. The Kier molecular flexibility index (Phi) is 5.03. The van der Waals surface area contributed by atoms with E-state index >= 15 is 0 Å². The number of nitrogens with one attached hydrogen (secondary N) is 1. The van der Waals surface area contributed by atoms with E-state index < -0.39 is 21.8 Å². The molecule has 0 aromatic heterocycles. The van der Waals surface area contributed by atoms with Gasteiger partial charge in [0.2, 0.25) is 5.91 Å². The second kappa shape index (κ2) is 7.18. The number of rotatable bonds is 5. The highest BCUT2D eigenvalue weighted by Gasteiger charge is 2.50. The molecule has 2 aliphatic heterocycles. The van der Waals surface area contributed by atoms with Crippen molar-refractivity contribution in [3.05, 3.63) is 35.9 Å². The average Bonchev–Trinajstić information content (AvgIpc) is 3.10. The SMILES string of the molecule is N[C@@H]1CS(=O)(=O)C[C@H]1C(=O)NCC1CN(Cc2ccccc2)CC12CCC2. The monoisotopic (exact) mass is 391 g/mol. The number of benzene rings is 1. The maximum Gasteiger partial charge on any atom is 0.225 e. The van der Waals surface area contributed by atoms with Crippen molar-refractivity contribution in [2.24, 2.45) is 23.0 Å². The van der Waals surface area contributed by atoms with Gasteiger partial charge in [0.1, 0.15) is 0 Å². The lowest BCUT2D eigenvalue weighted by atomic mass is 9.63. The van der Waals surface area contributed by atoms with Crippen molar-refractivity contribution in [2.75, 3.05) is 31.1 Å². The minimum atomic E-state index is -3.18. The summed E-state index contributed by atoms with van der Waals surface area (Å²) in [5.74, 6) is -0.568.